The first-order chi connectivity index (χ1) is 9.06. The lowest BCUT2D eigenvalue weighted by molar-refractivity contribution is -0.384. The molecular formula is C14H13BrN2O2. The van der Waals surface area contributed by atoms with Gasteiger partial charge in [-0.25, -0.2) is 0 Å². The average Bonchev–Trinajstić information content (AvgIpc) is 2.36. The smallest absolute Gasteiger partial charge is 0.292 e. The Labute approximate surface area is 119 Å². The van der Waals surface area contributed by atoms with Crippen LogP contribution < -0.4 is 5.32 Å². The Balaban J connectivity index is 2.19. The van der Waals surface area contributed by atoms with Crippen LogP contribution in [0.1, 0.15) is 11.1 Å². The summed E-state index contributed by atoms with van der Waals surface area (Å²) in [7, 11) is 0. The molecule has 0 fully saturated rings. The van der Waals surface area contributed by atoms with Gasteiger partial charge in [0.25, 0.3) is 5.69 Å². The molecule has 0 saturated carbocycles. The van der Waals surface area contributed by atoms with Gasteiger partial charge in [-0.2, -0.15) is 0 Å². The van der Waals surface area contributed by atoms with Crippen LogP contribution in [0.4, 0.5) is 11.4 Å². The molecule has 0 saturated heterocycles. The predicted molar refractivity (Wildman–Crippen MR) is 79.3 cm³/mol. The maximum atomic E-state index is 11.0. The maximum absolute atomic E-state index is 11.0. The first-order valence-corrected chi connectivity index (χ1v) is 6.59. The molecular weight excluding hydrogens is 308 g/mol. The molecule has 0 unspecified atom stereocenters. The van der Waals surface area contributed by atoms with Crippen molar-refractivity contribution in [3.8, 4) is 0 Å². The Morgan fingerprint density at radius 2 is 2.05 bits per heavy atom. The van der Waals surface area contributed by atoms with Crippen molar-refractivity contribution in [2.24, 2.45) is 0 Å². The highest BCUT2D eigenvalue weighted by Gasteiger charge is 2.12. The van der Waals surface area contributed by atoms with Crippen molar-refractivity contribution in [3.05, 3.63) is 68.2 Å². The molecule has 5 heteroatoms. The quantitative estimate of drug-likeness (QED) is 0.675. The molecule has 98 valence electrons. The SMILES string of the molecule is Cc1ccc([N+](=O)[O-])c(NCc2cccc(Br)c2)c1. The maximum Gasteiger partial charge on any atom is 0.292 e. The number of halogens is 1. The first-order valence-electron chi connectivity index (χ1n) is 5.79. The van der Waals surface area contributed by atoms with Crippen molar-refractivity contribution in [2.45, 2.75) is 13.5 Å². The number of hydrogen-bond acceptors (Lipinski definition) is 3. The highest BCUT2D eigenvalue weighted by molar-refractivity contribution is 9.10. The van der Waals surface area contributed by atoms with E-state index in [9.17, 15) is 10.1 Å². The van der Waals surface area contributed by atoms with Crippen LogP contribution in [0.5, 0.6) is 0 Å². The van der Waals surface area contributed by atoms with E-state index >= 15 is 0 Å². The lowest BCUT2D eigenvalue weighted by Crippen LogP contribution is -2.03. The second kappa shape index (κ2) is 5.84. The normalized spacial score (nSPS) is 10.2. The van der Waals surface area contributed by atoms with Crippen molar-refractivity contribution in [1.82, 2.24) is 0 Å². The second-order valence-corrected chi connectivity index (χ2v) is 5.18. The molecule has 0 amide bonds. The van der Waals surface area contributed by atoms with Crippen LogP contribution in [0.15, 0.2) is 46.9 Å². The second-order valence-electron chi connectivity index (χ2n) is 4.26. The van der Waals surface area contributed by atoms with Crippen molar-refractivity contribution in [2.75, 3.05) is 5.32 Å². The van der Waals surface area contributed by atoms with Gasteiger partial charge in [0.2, 0.25) is 0 Å². The molecule has 0 radical (unpaired) electrons. The zero-order valence-corrected chi connectivity index (χ0v) is 12.0. The molecule has 0 atom stereocenters. The Morgan fingerprint density at radius 1 is 1.26 bits per heavy atom. The molecule has 2 rings (SSSR count). The lowest BCUT2D eigenvalue weighted by atomic mass is 10.1. The van der Waals surface area contributed by atoms with Crippen LogP contribution in [-0.2, 0) is 6.54 Å². The molecule has 1 N–H and O–H groups in total. The van der Waals surface area contributed by atoms with Gasteiger partial charge in [0.05, 0.1) is 4.92 Å². The van der Waals surface area contributed by atoms with Crippen molar-refractivity contribution in [1.29, 1.82) is 0 Å². The Hall–Kier alpha value is -1.88. The minimum absolute atomic E-state index is 0.0978. The van der Waals surface area contributed by atoms with Gasteiger partial charge in [0, 0.05) is 17.1 Å². The number of hydrogen-bond donors (Lipinski definition) is 1. The van der Waals surface area contributed by atoms with Crippen LogP contribution in [0.2, 0.25) is 0 Å². The fourth-order valence-electron chi connectivity index (χ4n) is 1.79. The monoisotopic (exact) mass is 320 g/mol. The zero-order valence-electron chi connectivity index (χ0n) is 10.4. The molecule has 0 aliphatic heterocycles. The van der Waals surface area contributed by atoms with Crippen LogP contribution in [0.3, 0.4) is 0 Å². The summed E-state index contributed by atoms with van der Waals surface area (Å²) in [6, 6.07) is 12.9. The molecule has 0 spiro atoms. The van der Waals surface area contributed by atoms with E-state index in [1.54, 1.807) is 12.1 Å². The fourth-order valence-corrected chi connectivity index (χ4v) is 2.24. The van der Waals surface area contributed by atoms with Gasteiger partial charge in [0.1, 0.15) is 5.69 Å². The lowest BCUT2D eigenvalue weighted by Gasteiger charge is -2.08. The van der Waals surface area contributed by atoms with Crippen LogP contribution in [0, 0.1) is 17.0 Å². The van der Waals surface area contributed by atoms with Crippen molar-refractivity contribution in [3.63, 3.8) is 0 Å². The van der Waals surface area contributed by atoms with E-state index in [0.717, 1.165) is 15.6 Å². The van der Waals surface area contributed by atoms with Crippen LogP contribution in [-0.4, -0.2) is 4.92 Å². The van der Waals surface area contributed by atoms with Gasteiger partial charge in [0.15, 0.2) is 0 Å². The number of aryl methyl sites for hydroxylation is 1. The van der Waals surface area contributed by atoms with E-state index in [4.69, 9.17) is 0 Å². The van der Waals surface area contributed by atoms with Gasteiger partial charge < -0.3 is 5.32 Å². The van der Waals surface area contributed by atoms with Crippen LogP contribution >= 0.6 is 15.9 Å². The third-order valence-corrected chi connectivity index (χ3v) is 3.21. The highest BCUT2D eigenvalue weighted by Crippen LogP contribution is 2.26. The minimum Gasteiger partial charge on any atom is -0.375 e. The summed E-state index contributed by atoms with van der Waals surface area (Å²) in [5, 5.41) is 14.1. The van der Waals surface area contributed by atoms with Gasteiger partial charge in [-0.3, -0.25) is 10.1 Å². The van der Waals surface area contributed by atoms with E-state index in [1.165, 1.54) is 6.07 Å². The summed E-state index contributed by atoms with van der Waals surface area (Å²) in [6.45, 7) is 2.46. The summed E-state index contributed by atoms with van der Waals surface area (Å²) in [4.78, 5) is 10.6. The Kier molecular flexibility index (Phi) is 4.16. The number of rotatable bonds is 4. The molecule has 0 bridgehead atoms. The third-order valence-electron chi connectivity index (χ3n) is 2.72. The van der Waals surface area contributed by atoms with E-state index in [-0.39, 0.29) is 10.6 Å². The summed E-state index contributed by atoms with van der Waals surface area (Å²) in [6.07, 6.45) is 0. The number of nitrogens with zero attached hydrogens (tertiary/aromatic N) is 1. The molecule has 19 heavy (non-hydrogen) atoms. The molecule has 2 aromatic rings. The molecule has 0 heterocycles. The minimum atomic E-state index is -0.372. The number of nitrogens with one attached hydrogen (secondary N) is 1. The third kappa shape index (κ3) is 3.54. The van der Waals surface area contributed by atoms with E-state index in [2.05, 4.69) is 21.2 Å². The first kappa shape index (κ1) is 13.5. The molecule has 4 nitrogen and oxygen atoms in total. The highest BCUT2D eigenvalue weighted by atomic mass is 79.9. The summed E-state index contributed by atoms with van der Waals surface area (Å²) in [5.41, 5.74) is 2.69. The van der Waals surface area contributed by atoms with Gasteiger partial charge in [-0.15, -0.1) is 0 Å². The molecule has 0 aliphatic carbocycles. The topological polar surface area (TPSA) is 55.2 Å². The predicted octanol–water partition coefficient (Wildman–Crippen LogP) is 4.28. The van der Waals surface area contributed by atoms with Crippen molar-refractivity contribution < 1.29 is 4.92 Å². The average molecular weight is 321 g/mol. The summed E-state index contributed by atoms with van der Waals surface area (Å²) in [5.74, 6) is 0. The van der Waals surface area contributed by atoms with Gasteiger partial charge in [-0.05, 0) is 36.2 Å². The summed E-state index contributed by atoms with van der Waals surface area (Å²) >= 11 is 3.40. The largest absolute Gasteiger partial charge is 0.375 e. The Bertz CT molecular complexity index is 614. The van der Waals surface area contributed by atoms with Crippen molar-refractivity contribution >= 4 is 27.3 Å². The molecule has 2 aromatic carbocycles. The van der Waals surface area contributed by atoms with Crippen LogP contribution in [0.25, 0.3) is 0 Å². The zero-order chi connectivity index (χ0) is 13.8. The van der Waals surface area contributed by atoms with E-state index in [1.807, 2.05) is 31.2 Å². The number of nitro groups is 1. The number of anilines is 1. The van der Waals surface area contributed by atoms with E-state index in [0.29, 0.717) is 12.2 Å². The molecule has 0 aromatic heterocycles. The standard InChI is InChI=1S/C14H13BrN2O2/c1-10-5-6-14(17(18)19)13(7-10)16-9-11-3-2-4-12(15)8-11/h2-8,16H,9H2,1H3. The summed E-state index contributed by atoms with van der Waals surface area (Å²) < 4.78 is 0.991. The van der Waals surface area contributed by atoms with E-state index < -0.39 is 0 Å². The van der Waals surface area contributed by atoms with Gasteiger partial charge in [-0.1, -0.05) is 34.1 Å². The number of nitro benzene ring substituents is 1. The fraction of sp³-hybridized carbons (Fsp3) is 0.143. The number of benzene rings is 2. The molecule has 0 aliphatic rings. The van der Waals surface area contributed by atoms with Gasteiger partial charge >= 0.3 is 0 Å². The Morgan fingerprint density at radius 3 is 2.74 bits per heavy atom.